The SMILES string of the molecule is CCc1ccc(S(=O)(=O)c2nnn3c2nc(Nc2ccc(C)c(C)c2)c2cc(Cl)ccc23)cc1. The van der Waals surface area contributed by atoms with Crippen LogP contribution in [-0.2, 0) is 16.3 Å². The molecule has 0 amide bonds. The normalized spacial score (nSPS) is 11.9. The number of benzene rings is 3. The Kier molecular flexibility index (Phi) is 5.50. The van der Waals surface area contributed by atoms with E-state index >= 15 is 0 Å². The number of hydrogen-bond donors (Lipinski definition) is 1. The van der Waals surface area contributed by atoms with E-state index in [1.165, 1.54) is 10.1 Å². The molecule has 0 unspecified atom stereocenters. The molecule has 0 atom stereocenters. The van der Waals surface area contributed by atoms with E-state index < -0.39 is 9.84 Å². The maximum absolute atomic E-state index is 13.5. The van der Waals surface area contributed by atoms with E-state index in [1.54, 1.807) is 42.5 Å². The van der Waals surface area contributed by atoms with E-state index in [0.29, 0.717) is 21.7 Å². The lowest BCUT2D eigenvalue weighted by atomic mass is 10.1. The number of nitrogens with zero attached hydrogens (tertiary/aromatic N) is 4. The van der Waals surface area contributed by atoms with E-state index in [0.717, 1.165) is 23.2 Å². The lowest BCUT2D eigenvalue weighted by Crippen LogP contribution is -2.06. The topological polar surface area (TPSA) is 89.2 Å². The summed E-state index contributed by atoms with van der Waals surface area (Å²) < 4.78 is 28.3. The molecule has 172 valence electrons. The van der Waals surface area contributed by atoms with Crippen molar-refractivity contribution in [1.82, 2.24) is 19.8 Å². The molecule has 0 aliphatic heterocycles. The van der Waals surface area contributed by atoms with Crippen LogP contribution >= 0.6 is 11.6 Å². The van der Waals surface area contributed by atoms with Gasteiger partial charge < -0.3 is 5.32 Å². The van der Waals surface area contributed by atoms with Gasteiger partial charge in [-0.15, -0.1) is 5.10 Å². The van der Waals surface area contributed by atoms with Crippen LogP contribution in [0.4, 0.5) is 11.5 Å². The molecule has 1 N–H and O–H groups in total. The van der Waals surface area contributed by atoms with Crippen LogP contribution in [0.25, 0.3) is 16.6 Å². The molecular formula is C25H22ClN5O2S. The molecule has 0 aliphatic carbocycles. The molecule has 0 fully saturated rings. The van der Waals surface area contributed by atoms with Crippen LogP contribution < -0.4 is 5.32 Å². The molecule has 0 bridgehead atoms. The van der Waals surface area contributed by atoms with Crippen molar-refractivity contribution in [1.29, 1.82) is 0 Å². The van der Waals surface area contributed by atoms with Crippen LogP contribution in [-0.4, -0.2) is 28.2 Å². The summed E-state index contributed by atoms with van der Waals surface area (Å²) in [5, 5.41) is 12.5. The highest BCUT2D eigenvalue weighted by Crippen LogP contribution is 2.31. The first kappa shape index (κ1) is 22.3. The fraction of sp³-hybridized carbons (Fsp3) is 0.160. The quantitative estimate of drug-likeness (QED) is 0.340. The molecule has 2 heterocycles. The smallest absolute Gasteiger partial charge is 0.229 e. The summed E-state index contributed by atoms with van der Waals surface area (Å²) in [5.74, 6) is 0.466. The van der Waals surface area contributed by atoms with Crippen LogP contribution in [0.2, 0.25) is 5.02 Å². The summed E-state index contributed by atoms with van der Waals surface area (Å²) in [6.07, 6.45) is 0.818. The van der Waals surface area contributed by atoms with Gasteiger partial charge in [-0.25, -0.2) is 13.4 Å². The van der Waals surface area contributed by atoms with Gasteiger partial charge in [-0.05, 0) is 79.4 Å². The largest absolute Gasteiger partial charge is 0.340 e. The molecular weight excluding hydrogens is 470 g/mol. The molecule has 0 spiro atoms. The Morgan fingerprint density at radius 3 is 2.44 bits per heavy atom. The lowest BCUT2D eigenvalue weighted by molar-refractivity contribution is 0.592. The molecule has 0 aliphatic rings. The summed E-state index contributed by atoms with van der Waals surface area (Å²) in [6, 6.07) is 18.0. The Bertz CT molecular complexity index is 1660. The highest BCUT2D eigenvalue weighted by atomic mass is 35.5. The second-order valence-corrected chi connectivity index (χ2v) is 10.5. The number of hydrogen-bond acceptors (Lipinski definition) is 6. The molecule has 0 saturated carbocycles. The third-order valence-electron chi connectivity index (χ3n) is 5.94. The first-order valence-electron chi connectivity index (χ1n) is 10.8. The predicted octanol–water partition coefficient (Wildman–Crippen LogP) is 5.69. The average molecular weight is 492 g/mol. The summed E-state index contributed by atoms with van der Waals surface area (Å²) in [4.78, 5) is 4.81. The number of fused-ring (bicyclic) bond motifs is 3. The zero-order valence-corrected chi connectivity index (χ0v) is 20.4. The van der Waals surface area contributed by atoms with E-state index in [4.69, 9.17) is 11.6 Å². The van der Waals surface area contributed by atoms with Crippen LogP contribution in [0.3, 0.4) is 0 Å². The van der Waals surface area contributed by atoms with Crippen LogP contribution in [0.15, 0.2) is 70.6 Å². The zero-order valence-electron chi connectivity index (χ0n) is 18.9. The Balaban J connectivity index is 1.72. The molecule has 5 rings (SSSR count). The molecule has 3 aromatic carbocycles. The first-order valence-corrected chi connectivity index (χ1v) is 12.7. The number of aromatic nitrogens is 4. The molecule has 2 aromatic heterocycles. The van der Waals surface area contributed by atoms with Crippen molar-refractivity contribution in [2.45, 2.75) is 37.1 Å². The van der Waals surface area contributed by atoms with E-state index in [-0.39, 0.29) is 15.6 Å². The minimum absolute atomic E-state index is 0.140. The second kappa shape index (κ2) is 8.38. The number of rotatable bonds is 5. The molecule has 0 radical (unpaired) electrons. The Morgan fingerprint density at radius 2 is 1.74 bits per heavy atom. The van der Waals surface area contributed by atoms with Crippen molar-refractivity contribution in [2.24, 2.45) is 0 Å². The molecule has 34 heavy (non-hydrogen) atoms. The van der Waals surface area contributed by atoms with Gasteiger partial charge in [-0.3, -0.25) is 0 Å². The van der Waals surface area contributed by atoms with E-state index in [2.05, 4.69) is 20.6 Å². The van der Waals surface area contributed by atoms with Crippen molar-refractivity contribution in [3.63, 3.8) is 0 Å². The predicted molar refractivity (Wildman–Crippen MR) is 134 cm³/mol. The van der Waals surface area contributed by atoms with Crippen molar-refractivity contribution in [3.05, 3.63) is 82.4 Å². The molecule has 0 saturated heterocycles. The van der Waals surface area contributed by atoms with Crippen LogP contribution in [0.1, 0.15) is 23.6 Å². The maximum Gasteiger partial charge on any atom is 0.229 e. The summed E-state index contributed by atoms with van der Waals surface area (Å²) in [6.45, 7) is 6.09. The average Bonchev–Trinajstić information content (AvgIpc) is 3.26. The summed E-state index contributed by atoms with van der Waals surface area (Å²) in [7, 11) is -3.94. The summed E-state index contributed by atoms with van der Waals surface area (Å²) in [5.41, 5.74) is 4.94. The number of nitrogens with one attached hydrogen (secondary N) is 1. The van der Waals surface area contributed by atoms with E-state index in [1.807, 2.05) is 39.0 Å². The number of anilines is 2. The maximum atomic E-state index is 13.5. The monoisotopic (exact) mass is 491 g/mol. The van der Waals surface area contributed by atoms with Gasteiger partial charge in [0.15, 0.2) is 5.65 Å². The van der Waals surface area contributed by atoms with Crippen molar-refractivity contribution in [2.75, 3.05) is 5.32 Å². The highest BCUT2D eigenvalue weighted by Gasteiger charge is 2.27. The third kappa shape index (κ3) is 3.78. The van der Waals surface area contributed by atoms with Gasteiger partial charge in [0.2, 0.25) is 14.9 Å². The number of halogens is 1. The highest BCUT2D eigenvalue weighted by molar-refractivity contribution is 7.91. The third-order valence-corrected chi connectivity index (χ3v) is 7.84. The van der Waals surface area contributed by atoms with Gasteiger partial charge in [0.05, 0.1) is 10.4 Å². The van der Waals surface area contributed by atoms with Gasteiger partial charge in [0, 0.05) is 16.1 Å². The minimum Gasteiger partial charge on any atom is -0.340 e. The van der Waals surface area contributed by atoms with Crippen LogP contribution in [0, 0.1) is 13.8 Å². The van der Waals surface area contributed by atoms with Gasteiger partial charge in [0.25, 0.3) is 0 Å². The number of sulfone groups is 1. The second-order valence-electron chi connectivity index (χ2n) is 8.18. The summed E-state index contributed by atoms with van der Waals surface area (Å²) >= 11 is 6.28. The van der Waals surface area contributed by atoms with Crippen molar-refractivity contribution >= 4 is 49.5 Å². The fourth-order valence-corrected chi connectivity index (χ4v) is 5.22. The minimum atomic E-state index is -3.94. The first-order chi connectivity index (χ1) is 16.3. The van der Waals surface area contributed by atoms with Crippen LogP contribution in [0.5, 0.6) is 0 Å². The molecule has 7 nitrogen and oxygen atoms in total. The lowest BCUT2D eigenvalue weighted by Gasteiger charge is -2.12. The van der Waals surface area contributed by atoms with E-state index in [9.17, 15) is 8.42 Å². The zero-order chi connectivity index (χ0) is 24.0. The molecule has 9 heteroatoms. The van der Waals surface area contributed by atoms with Gasteiger partial charge in [0.1, 0.15) is 5.82 Å². The van der Waals surface area contributed by atoms with Gasteiger partial charge >= 0.3 is 0 Å². The standard InChI is InChI=1S/C25H22ClN5O2S/c1-4-17-6-10-20(11-7-17)34(32,33)25-24-28-23(27-19-9-5-15(2)16(3)13-19)21-14-18(26)8-12-22(21)31(24)30-29-25/h5-14H,4H2,1-3H3,(H,27,28). The Hall–Kier alpha value is -3.49. The Morgan fingerprint density at radius 1 is 0.971 bits per heavy atom. The Labute approximate surface area is 202 Å². The number of aryl methyl sites for hydroxylation is 3. The van der Waals surface area contributed by atoms with Gasteiger partial charge in [-0.2, -0.15) is 4.52 Å². The van der Waals surface area contributed by atoms with Gasteiger partial charge in [-0.1, -0.05) is 41.9 Å². The molecule has 5 aromatic rings. The van der Waals surface area contributed by atoms with Crippen molar-refractivity contribution in [3.8, 4) is 0 Å². The fourth-order valence-electron chi connectivity index (χ4n) is 3.81. The van der Waals surface area contributed by atoms with Crippen molar-refractivity contribution < 1.29 is 8.42 Å².